The van der Waals surface area contributed by atoms with Gasteiger partial charge in [0.05, 0.1) is 22.7 Å². The number of carbonyl (C=O) groups is 1. The van der Waals surface area contributed by atoms with Crippen molar-refractivity contribution in [3.8, 4) is 11.1 Å². The van der Waals surface area contributed by atoms with E-state index in [0.29, 0.717) is 40.3 Å². The van der Waals surface area contributed by atoms with Gasteiger partial charge in [0.25, 0.3) is 0 Å². The number of anilines is 1. The number of aryl methyl sites for hydroxylation is 1. The van der Waals surface area contributed by atoms with E-state index in [1.54, 1.807) is 24.8 Å². The van der Waals surface area contributed by atoms with Crippen LogP contribution < -0.4 is 9.62 Å². The Kier molecular flexibility index (Phi) is 5.33. The molecule has 1 N–H and O–H groups in total. The lowest BCUT2D eigenvalue weighted by Gasteiger charge is -2.19. The van der Waals surface area contributed by atoms with E-state index in [2.05, 4.69) is 14.1 Å². The molecule has 2 aliphatic rings. The molecule has 1 aromatic carbocycles. The van der Waals surface area contributed by atoms with Gasteiger partial charge in [-0.3, -0.25) is 4.90 Å². The van der Waals surface area contributed by atoms with Gasteiger partial charge in [-0.05, 0) is 50.0 Å². The number of nitrogens with zero attached hydrogens (tertiary/aromatic N) is 4. The molecule has 2 aliphatic heterocycles. The molecule has 2 aromatic heterocycles. The van der Waals surface area contributed by atoms with E-state index in [0.717, 1.165) is 11.5 Å². The van der Waals surface area contributed by atoms with E-state index in [9.17, 15) is 22.0 Å². The van der Waals surface area contributed by atoms with Crippen molar-refractivity contribution in [3.05, 3.63) is 41.6 Å². The van der Waals surface area contributed by atoms with Crippen LogP contribution in [0.3, 0.4) is 0 Å². The number of pyridine rings is 1. The molecule has 0 aliphatic carbocycles. The topological polar surface area (TPSA) is 95.5 Å². The molecular weight excluding hydrogens is 472 g/mol. The van der Waals surface area contributed by atoms with Crippen molar-refractivity contribution in [2.75, 3.05) is 23.7 Å². The summed E-state index contributed by atoms with van der Waals surface area (Å²) in [6.45, 7) is 3.85. The van der Waals surface area contributed by atoms with Gasteiger partial charge >= 0.3 is 6.03 Å². The van der Waals surface area contributed by atoms with Crippen molar-refractivity contribution in [1.29, 1.82) is 0 Å². The third kappa shape index (κ3) is 3.75. The number of amides is 2. The highest BCUT2D eigenvalue weighted by Gasteiger charge is 2.46. The molecule has 2 amide bonds. The summed E-state index contributed by atoms with van der Waals surface area (Å²) in [7, 11) is -3.38. The van der Waals surface area contributed by atoms with Gasteiger partial charge in [0.15, 0.2) is 5.82 Å². The Morgan fingerprint density at radius 2 is 1.97 bits per heavy atom. The second kappa shape index (κ2) is 7.96. The molecule has 3 aromatic rings. The fourth-order valence-electron chi connectivity index (χ4n) is 4.56. The largest absolute Gasteiger partial charge is 0.326 e. The lowest BCUT2D eigenvalue weighted by Crippen LogP contribution is -2.41. The average molecular weight is 494 g/mol. The smallest absolute Gasteiger partial charge is 0.318 e. The Hall–Kier alpha value is -2.70. The van der Waals surface area contributed by atoms with E-state index in [4.69, 9.17) is 0 Å². The SMILES string of the molecule is CCS(=O)(=O)N[C@H]1C[C@H]2CN(c3nsc4nc(C)cc(-c5c(F)cccc5F)c34)C(=O)N2C1. The van der Waals surface area contributed by atoms with Gasteiger partial charge in [0, 0.05) is 30.4 Å². The van der Waals surface area contributed by atoms with Gasteiger partial charge in [-0.1, -0.05) is 6.07 Å². The van der Waals surface area contributed by atoms with Crippen LogP contribution in [0.25, 0.3) is 21.3 Å². The van der Waals surface area contributed by atoms with Crippen LogP contribution in [0.1, 0.15) is 19.0 Å². The maximum Gasteiger partial charge on any atom is 0.326 e. The molecule has 174 valence electrons. The van der Waals surface area contributed by atoms with Gasteiger partial charge in [-0.2, -0.15) is 4.37 Å². The zero-order chi connectivity index (χ0) is 23.5. The molecule has 5 rings (SSSR count). The molecule has 0 bridgehead atoms. The highest BCUT2D eigenvalue weighted by molar-refractivity contribution is 7.89. The van der Waals surface area contributed by atoms with Gasteiger partial charge in [0.2, 0.25) is 10.0 Å². The Bertz CT molecular complexity index is 1360. The molecule has 2 saturated heterocycles. The van der Waals surface area contributed by atoms with Crippen molar-refractivity contribution in [2.45, 2.75) is 32.4 Å². The molecule has 8 nitrogen and oxygen atoms in total. The first-order valence-electron chi connectivity index (χ1n) is 10.5. The van der Waals surface area contributed by atoms with E-state index in [1.807, 2.05) is 0 Å². The molecule has 33 heavy (non-hydrogen) atoms. The fraction of sp³-hybridized carbons (Fsp3) is 0.381. The first-order chi connectivity index (χ1) is 15.7. The van der Waals surface area contributed by atoms with Gasteiger partial charge in [0.1, 0.15) is 16.5 Å². The van der Waals surface area contributed by atoms with Gasteiger partial charge in [-0.25, -0.2) is 31.7 Å². The van der Waals surface area contributed by atoms with Crippen molar-refractivity contribution in [2.24, 2.45) is 0 Å². The predicted octanol–water partition coefficient (Wildman–Crippen LogP) is 3.27. The van der Waals surface area contributed by atoms with Gasteiger partial charge in [-0.15, -0.1) is 0 Å². The van der Waals surface area contributed by atoms with Crippen LogP contribution in [0.2, 0.25) is 0 Å². The van der Waals surface area contributed by atoms with E-state index >= 15 is 0 Å². The van der Waals surface area contributed by atoms with Crippen molar-refractivity contribution >= 4 is 43.6 Å². The summed E-state index contributed by atoms with van der Waals surface area (Å²) < 4.78 is 60.2. The third-order valence-electron chi connectivity index (χ3n) is 6.05. The summed E-state index contributed by atoms with van der Waals surface area (Å²) in [6, 6.07) is 4.43. The molecule has 2 fully saturated rings. The molecular formula is C21H21F2N5O3S2. The van der Waals surface area contributed by atoms with E-state index in [-0.39, 0.29) is 36.0 Å². The summed E-state index contributed by atoms with van der Waals surface area (Å²) in [5.74, 6) is -1.14. The molecule has 0 unspecified atom stereocenters. The minimum atomic E-state index is -3.38. The minimum absolute atomic E-state index is 0.0269. The summed E-state index contributed by atoms with van der Waals surface area (Å²) in [4.78, 5) is 21.3. The maximum atomic E-state index is 14.7. The highest BCUT2D eigenvalue weighted by atomic mass is 32.2. The number of benzene rings is 1. The first-order valence-corrected chi connectivity index (χ1v) is 12.9. The molecule has 4 heterocycles. The summed E-state index contributed by atoms with van der Waals surface area (Å²) >= 11 is 1.07. The van der Waals surface area contributed by atoms with E-state index < -0.39 is 21.7 Å². The Labute approximate surface area is 193 Å². The highest BCUT2D eigenvalue weighted by Crippen LogP contribution is 2.41. The zero-order valence-electron chi connectivity index (χ0n) is 17.9. The lowest BCUT2D eigenvalue weighted by molar-refractivity contribution is 0.218. The number of nitrogens with one attached hydrogen (secondary N) is 1. The number of urea groups is 1. The zero-order valence-corrected chi connectivity index (χ0v) is 19.5. The van der Waals surface area contributed by atoms with Crippen molar-refractivity contribution in [1.82, 2.24) is 19.0 Å². The molecule has 2 atom stereocenters. The van der Waals surface area contributed by atoms with Gasteiger partial charge < -0.3 is 4.90 Å². The first kappa shape index (κ1) is 22.1. The van der Waals surface area contributed by atoms with Crippen LogP contribution in [0.5, 0.6) is 0 Å². The van der Waals surface area contributed by atoms with Crippen LogP contribution >= 0.6 is 11.5 Å². The monoisotopic (exact) mass is 493 g/mol. The maximum absolute atomic E-state index is 14.7. The number of hydrogen-bond donors (Lipinski definition) is 1. The standard InChI is InChI=1S/C21H21F2N5O3S2/c1-3-33(30,31)26-12-8-13-10-28(21(29)27(13)9-12)19-18-14(7-11(2)24-20(18)32-25-19)17-15(22)5-4-6-16(17)23/h4-7,12-13,26H,3,8-10H2,1-2H3/t12-,13-/m0/s1. The van der Waals surface area contributed by atoms with Crippen LogP contribution in [0, 0.1) is 18.6 Å². The summed E-state index contributed by atoms with van der Waals surface area (Å²) in [6.07, 6.45) is 0.482. The number of halogens is 2. The molecule has 12 heteroatoms. The average Bonchev–Trinajstić information content (AvgIpc) is 3.41. The quantitative estimate of drug-likeness (QED) is 0.589. The fourth-order valence-corrected chi connectivity index (χ4v) is 6.25. The van der Waals surface area contributed by atoms with E-state index in [1.165, 1.54) is 23.1 Å². The van der Waals surface area contributed by atoms with Crippen molar-refractivity contribution in [3.63, 3.8) is 0 Å². The Morgan fingerprint density at radius 3 is 2.64 bits per heavy atom. The normalized spacial score (nSPS) is 20.8. The summed E-state index contributed by atoms with van der Waals surface area (Å²) in [5, 5.41) is 0.423. The number of aromatic nitrogens is 2. The van der Waals surface area contributed by atoms with Crippen LogP contribution in [0.4, 0.5) is 19.4 Å². The second-order valence-electron chi connectivity index (χ2n) is 8.25. The number of hydrogen-bond acceptors (Lipinski definition) is 6. The predicted molar refractivity (Wildman–Crippen MR) is 122 cm³/mol. The number of fused-ring (bicyclic) bond motifs is 2. The Balaban J connectivity index is 1.52. The molecule has 0 spiro atoms. The number of carbonyl (C=O) groups excluding carboxylic acids is 1. The van der Waals surface area contributed by atoms with Crippen LogP contribution in [-0.4, -0.2) is 59.6 Å². The minimum Gasteiger partial charge on any atom is -0.318 e. The Morgan fingerprint density at radius 1 is 1.24 bits per heavy atom. The van der Waals surface area contributed by atoms with Crippen LogP contribution in [-0.2, 0) is 10.0 Å². The third-order valence-corrected chi connectivity index (χ3v) is 8.24. The molecule has 0 radical (unpaired) electrons. The number of rotatable bonds is 5. The lowest BCUT2D eigenvalue weighted by atomic mass is 10.0. The molecule has 0 saturated carbocycles. The number of sulfonamides is 1. The van der Waals surface area contributed by atoms with Crippen LogP contribution in [0.15, 0.2) is 24.3 Å². The second-order valence-corrected chi connectivity index (χ2v) is 11.0. The van der Waals surface area contributed by atoms with Crippen molar-refractivity contribution < 1.29 is 22.0 Å². The summed E-state index contributed by atoms with van der Waals surface area (Å²) in [5.41, 5.74) is 0.690.